The molecule has 1 rings (SSSR count). The number of nitrogens with zero attached hydrogens (tertiary/aromatic N) is 2. The van der Waals surface area contributed by atoms with Gasteiger partial charge in [-0.25, -0.2) is 0 Å². The molecule has 1 N–H and O–H groups in total. The van der Waals surface area contributed by atoms with E-state index in [0.29, 0.717) is 6.04 Å². The van der Waals surface area contributed by atoms with E-state index in [-0.39, 0.29) is 6.10 Å². The summed E-state index contributed by atoms with van der Waals surface area (Å²) in [5.74, 6) is 0. The van der Waals surface area contributed by atoms with Crippen molar-refractivity contribution in [2.45, 2.75) is 64.0 Å². The molecule has 18 heavy (non-hydrogen) atoms. The first-order chi connectivity index (χ1) is 8.65. The van der Waals surface area contributed by atoms with Crippen molar-refractivity contribution in [2.75, 3.05) is 33.7 Å². The van der Waals surface area contributed by atoms with Crippen LogP contribution in [0.15, 0.2) is 0 Å². The molecule has 2 atom stereocenters. The Morgan fingerprint density at radius 2 is 1.83 bits per heavy atom. The Bertz CT molecular complexity index is 211. The molecule has 1 saturated heterocycles. The molecule has 3 nitrogen and oxygen atoms in total. The van der Waals surface area contributed by atoms with Crippen molar-refractivity contribution in [1.82, 2.24) is 9.80 Å². The number of rotatable bonds is 7. The van der Waals surface area contributed by atoms with E-state index >= 15 is 0 Å². The van der Waals surface area contributed by atoms with Crippen LogP contribution in [0.5, 0.6) is 0 Å². The molecule has 2 unspecified atom stereocenters. The van der Waals surface area contributed by atoms with Gasteiger partial charge in [0.15, 0.2) is 0 Å². The van der Waals surface area contributed by atoms with Gasteiger partial charge in [0.05, 0.1) is 6.10 Å². The summed E-state index contributed by atoms with van der Waals surface area (Å²) < 4.78 is 0. The zero-order chi connectivity index (χ0) is 13.4. The van der Waals surface area contributed by atoms with Crippen LogP contribution in [0.4, 0.5) is 0 Å². The van der Waals surface area contributed by atoms with Gasteiger partial charge in [0.1, 0.15) is 0 Å². The fraction of sp³-hybridized carbons (Fsp3) is 1.00. The first kappa shape index (κ1) is 15.9. The summed E-state index contributed by atoms with van der Waals surface area (Å²) in [5, 5.41) is 10.4. The minimum absolute atomic E-state index is 0.155. The molecular formula is C15H32N2O. The molecule has 0 aromatic heterocycles. The van der Waals surface area contributed by atoms with Gasteiger partial charge in [0, 0.05) is 12.6 Å². The normalized spacial score (nSPS) is 25.0. The molecule has 0 aromatic rings. The zero-order valence-electron chi connectivity index (χ0n) is 12.6. The molecule has 0 aliphatic carbocycles. The molecular weight excluding hydrogens is 224 g/mol. The fourth-order valence-corrected chi connectivity index (χ4v) is 2.87. The molecule has 1 aliphatic rings. The Morgan fingerprint density at radius 3 is 2.56 bits per heavy atom. The molecule has 1 heterocycles. The Balaban J connectivity index is 2.27. The average Bonchev–Trinajstić information content (AvgIpc) is 2.51. The standard InChI is InChI=1S/C15H32N2O/c1-4-5-6-7-8-10-15(18)14-13-16(2)11-9-12-17(14)3/h14-15,18H,4-13H2,1-3H3. The van der Waals surface area contributed by atoms with Crippen LogP contribution in [-0.2, 0) is 0 Å². The van der Waals surface area contributed by atoms with Crippen molar-refractivity contribution < 1.29 is 5.11 Å². The summed E-state index contributed by atoms with van der Waals surface area (Å²) >= 11 is 0. The Hall–Kier alpha value is -0.120. The zero-order valence-corrected chi connectivity index (χ0v) is 12.6. The third kappa shape index (κ3) is 5.68. The molecule has 0 spiro atoms. The van der Waals surface area contributed by atoms with E-state index in [1.165, 1.54) is 38.5 Å². The minimum Gasteiger partial charge on any atom is -0.391 e. The second-order valence-corrected chi connectivity index (χ2v) is 5.93. The van der Waals surface area contributed by atoms with Crippen LogP contribution in [0.3, 0.4) is 0 Å². The SMILES string of the molecule is CCCCCCCC(O)C1CN(C)CCCN1C. The van der Waals surface area contributed by atoms with Crippen LogP contribution in [-0.4, -0.2) is 60.8 Å². The number of aliphatic hydroxyl groups excluding tert-OH is 1. The number of hydrogen-bond acceptors (Lipinski definition) is 3. The number of likely N-dealkylation sites (N-methyl/N-ethyl adjacent to an activating group) is 2. The largest absolute Gasteiger partial charge is 0.391 e. The summed E-state index contributed by atoms with van der Waals surface area (Å²) in [5.41, 5.74) is 0. The molecule has 0 saturated carbocycles. The van der Waals surface area contributed by atoms with Gasteiger partial charge in [0.2, 0.25) is 0 Å². The molecule has 0 aromatic carbocycles. The first-order valence-corrected chi connectivity index (χ1v) is 7.72. The highest BCUT2D eigenvalue weighted by atomic mass is 16.3. The average molecular weight is 256 g/mol. The van der Waals surface area contributed by atoms with Gasteiger partial charge in [-0.05, 0) is 40.0 Å². The summed E-state index contributed by atoms with van der Waals surface area (Å²) in [7, 11) is 4.32. The molecule has 3 heteroatoms. The highest BCUT2D eigenvalue weighted by Gasteiger charge is 2.26. The van der Waals surface area contributed by atoms with Crippen molar-refractivity contribution in [3.63, 3.8) is 0 Å². The number of hydrogen-bond donors (Lipinski definition) is 1. The minimum atomic E-state index is -0.155. The Kier molecular flexibility index (Phi) is 7.87. The summed E-state index contributed by atoms with van der Waals surface area (Å²) in [4.78, 5) is 4.70. The maximum absolute atomic E-state index is 10.4. The second-order valence-electron chi connectivity index (χ2n) is 5.93. The van der Waals surface area contributed by atoms with Crippen LogP contribution >= 0.6 is 0 Å². The lowest BCUT2D eigenvalue weighted by Crippen LogP contribution is -2.46. The van der Waals surface area contributed by atoms with Gasteiger partial charge in [-0.15, -0.1) is 0 Å². The van der Waals surface area contributed by atoms with Gasteiger partial charge in [0.25, 0.3) is 0 Å². The third-order valence-electron chi connectivity index (χ3n) is 4.16. The van der Waals surface area contributed by atoms with Crippen LogP contribution in [0.2, 0.25) is 0 Å². The van der Waals surface area contributed by atoms with Gasteiger partial charge in [-0.1, -0.05) is 39.0 Å². The summed E-state index contributed by atoms with van der Waals surface area (Å²) in [6, 6.07) is 0.323. The molecule has 108 valence electrons. The van der Waals surface area contributed by atoms with Gasteiger partial charge < -0.3 is 10.0 Å². The van der Waals surface area contributed by atoms with Crippen molar-refractivity contribution in [3.8, 4) is 0 Å². The van der Waals surface area contributed by atoms with E-state index in [4.69, 9.17) is 0 Å². The van der Waals surface area contributed by atoms with E-state index in [2.05, 4.69) is 30.8 Å². The topological polar surface area (TPSA) is 26.7 Å². The van der Waals surface area contributed by atoms with Gasteiger partial charge in [-0.2, -0.15) is 0 Å². The predicted octanol–water partition coefficient (Wildman–Crippen LogP) is 2.34. The summed E-state index contributed by atoms with van der Waals surface area (Å²) in [6.07, 6.45) is 8.42. The van der Waals surface area contributed by atoms with Crippen LogP contribution < -0.4 is 0 Å². The monoisotopic (exact) mass is 256 g/mol. The lowest BCUT2D eigenvalue weighted by atomic mass is 10.0. The van der Waals surface area contributed by atoms with Crippen molar-refractivity contribution in [3.05, 3.63) is 0 Å². The molecule has 0 bridgehead atoms. The molecule has 0 amide bonds. The third-order valence-corrected chi connectivity index (χ3v) is 4.16. The van der Waals surface area contributed by atoms with Crippen molar-refractivity contribution in [2.24, 2.45) is 0 Å². The highest BCUT2D eigenvalue weighted by Crippen LogP contribution is 2.15. The van der Waals surface area contributed by atoms with E-state index in [1.54, 1.807) is 0 Å². The highest BCUT2D eigenvalue weighted by molar-refractivity contribution is 4.82. The molecule has 1 fully saturated rings. The van der Waals surface area contributed by atoms with Crippen LogP contribution in [0.25, 0.3) is 0 Å². The lowest BCUT2D eigenvalue weighted by molar-refractivity contribution is 0.0501. The smallest absolute Gasteiger partial charge is 0.0707 e. The van der Waals surface area contributed by atoms with Crippen LogP contribution in [0.1, 0.15) is 51.9 Å². The quantitative estimate of drug-likeness (QED) is 0.708. The predicted molar refractivity (Wildman–Crippen MR) is 77.9 cm³/mol. The Labute approximate surface area is 113 Å². The van der Waals surface area contributed by atoms with Crippen LogP contribution in [0, 0.1) is 0 Å². The molecule has 0 radical (unpaired) electrons. The lowest BCUT2D eigenvalue weighted by Gasteiger charge is -2.31. The maximum atomic E-state index is 10.4. The van der Waals surface area contributed by atoms with Gasteiger partial charge >= 0.3 is 0 Å². The number of unbranched alkanes of at least 4 members (excludes halogenated alkanes) is 4. The second kappa shape index (κ2) is 8.89. The maximum Gasteiger partial charge on any atom is 0.0707 e. The van der Waals surface area contributed by atoms with E-state index in [1.807, 2.05) is 0 Å². The van der Waals surface area contributed by atoms with E-state index in [0.717, 1.165) is 26.1 Å². The van der Waals surface area contributed by atoms with Crippen molar-refractivity contribution >= 4 is 0 Å². The van der Waals surface area contributed by atoms with E-state index in [9.17, 15) is 5.11 Å². The summed E-state index contributed by atoms with van der Waals surface area (Å²) in [6.45, 7) is 5.52. The van der Waals surface area contributed by atoms with Crippen molar-refractivity contribution in [1.29, 1.82) is 0 Å². The first-order valence-electron chi connectivity index (χ1n) is 7.72. The van der Waals surface area contributed by atoms with E-state index < -0.39 is 0 Å². The molecule has 1 aliphatic heterocycles. The number of aliphatic hydroxyl groups is 1. The van der Waals surface area contributed by atoms with Gasteiger partial charge in [-0.3, -0.25) is 4.90 Å². The fourth-order valence-electron chi connectivity index (χ4n) is 2.87. The Morgan fingerprint density at radius 1 is 1.11 bits per heavy atom.